The topological polar surface area (TPSA) is 64.2 Å². The van der Waals surface area contributed by atoms with Gasteiger partial charge in [-0.1, -0.05) is 0 Å². The van der Waals surface area contributed by atoms with Crippen LogP contribution in [0.15, 0.2) is 41.3 Å². The van der Waals surface area contributed by atoms with Crippen LogP contribution >= 0.6 is 0 Å². The van der Waals surface area contributed by atoms with Gasteiger partial charge in [0.2, 0.25) is 5.91 Å². The van der Waals surface area contributed by atoms with Crippen LogP contribution in [-0.4, -0.2) is 38.9 Å². The van der Waals surface area contributed by atoms with Gasteiger partial charge >= 0.3 is 0 Å². The standard InChI is InChI=1S/C13H14N4O2/c18-13(4-3-12-2-1-9-19-12)16-8-5-11(10-16)17-14-6-7-15-17/h1-4,6-7,9,11H,5,8,10H2/b4-3+. The summed E-state index contributed by atoms with van der Waals surface area (Å²) >= 11 is 0. The lowest BCUT2D eigenvalue weighted by Crippen LogP contribution is -2.27. The first-order chi connectivity index (χ1) is 9.33. The smallest absolute Gasteiger partial charge is 0.246 e. The van der Waals surface area contributed by atoms with Crippen LogP contribution in [0.25, 0.3) is 6.08 Å². The number of hydrogen-bond donors (Lipinski definition) is 0. The van der Waals surface area contributed by atoms with E-state index in [1.165, 1.54) is 6.08 Å². The number of nitrogens with zero attached hydrogens (tertiary/aromatic N) is 4. The van der Waals surface area contributed by atoms with Crippen molar-refractivity contribution in [1.29, 1.82) is 0 Å². The number of hydrogen-bond acceptors (Lipinski definition) is 4. The zero-order chi connectivity index (χ0) is 13.1. The molecule has 0 saturated carbocycles. The summed E-state index contributed by atoms with van der Waals surface area (Å²) in [4.78, 5) is 15.5. The maximum atomic E-state index is 12.0. The zero-order valence-electron chi connectivity index (χ0n) is 10.3. The van der Waals surface area contributed by atoms with Crippen molar-refractivity contribution >= 4 is 12.0 Å². The summed E-state index contributed by atoms with van der Waals surface area (Å²) in [6, 6.07) is 3.78. The minimum Gasteiger partial charge on any atom is -0.465 e. The maximum absolute atomic E-state index is 12.0. The van der Waals surface area contributed by atoms with Gasteiger partial charge in [0.15, 0.2) is 0 Å². The Balaban J connectivity index is 1.60. The molecule has 98 valence electrons. The highest BCUT2D eigenvalue weighted by molar-refractivity contribution is 5.91. The Bertz CT molecular complexity index is 559. The average molecular weight is 258 g/mol. The molecule has 1 amide bonds. The van der Waals surface area contributed by atoms with Crippen molar-refractivity contribution in [2.75, 3.05) is 13.1 Å². The molecule has 1 atom stereocenters. The Morgan fingerprint density at radius 3 is 3.00 bits per heavy atom. The van der Waals surface area contributed by atoms with Gasteiger partial charge in [-0.3, -0.25) is 4.79 Å². The molecule has 0 radical (unpaired) electrons. The predicted octanol–water partition coefficient (Wildman–Crippen LogP) is 1.36. The molecule has 6 heteroatoms. The Morgan fingerprint density at radius 2 is 2.26 bits per heavy atom. The number of furan rings is 1. The molecule has 2 aromatic heterocycles. The van der Waals surface area contributed by atoms with Crippen molar-refractivity contribution in [3.63, 3.8) is 0 Å². The number of amides is 1. The number of aromatic nitrogens is 3. The van der Waals surface area contributed by atoms with Crippen molar-refractivity contribution in [2.24, 2.45) is 0 Å². The number of likely N-dealkylation sites (tertiary alicyclic amines) is 1. The number of rotatable bonds is 3. The first-order valence-corrected chi connectivity index (χ1v) is 6.19. The van der Waals surface area contributed by atoms with E-state index in [-0.39, 0.29) is 11.9 Å². The Kier molecular flexibility index (Phi) is 3.14. The van der Waals surface area contributed by atoms with E-state index in [1.54, 1.807) is 40.5 Å². The minimum atomic E-state index is -0.00828. The zero-order valence-corrected chi connectivity index (χ0v) is 10.3. The lowest BCUT2D eigenvalue weighted by Gasteiger charge is -2.13. The molecule has 2 aromatic rings. The highest BCUT2D eigenvalue weighted by atomic mass is 16.3. The average Bonchev–Trinajstić information content (AvgIpc) is 3.14. The van der Waals surface area contributed by atoms with Gasteiger partial charge in [-0.15, -0.1) is 0 Å². The third kappa shape index (κ3) is 2.57. The molecular weight excluding hydrogens is 244 g/mol. The van der Waals surface area contributed by atoms with Gasteiger partial charge in [0.25, 0.3) is 0 Å². The molecule has 0 N–H and O–H groups in total. The molecule has 0 aromatic carbocycles. The van der Waals surface area contributed by atoms with E-state index in [1.807, 2.05) is 6.07 Å². The molecule has 19 heavy (non-hydrogen) atoms. The van der Waals surface area contributed by atoms with Crippen molar-refractivity contribution in [3.05, 3.63) is 42.6 Å². The molecular formula is C13H14N4O2. The fourth-order valence-electron chi connectivity index (χ4n) is 2.19. The van der Waals surface area contributed by atoms with Crippen LogP contribution in [0, 0.1) is 0 Å². The lowest BCUT2D eigenvalue weighted by atomic mass is 10.3. The van der Waals surface area contributed by atoms with E-state index in [9.17, 15) is 4.79 Å². The third-order valence-corrected chi connectivity index (χ3v) is 3.17. The van der Waals surface area contributed by atoms with Crippen LogP contribution in [0.4, 0.5) is 0 Å². The summed E-state index contributed by atoms with van der Waals surface area (Å²) < 4.78 is 5.14. The van der Waals surface area contributed by atoms with Gasteiger partial charge in [0.1, 0.15) is 5.76 Å². The van der Waals surface area contributed by atoms with E-state index < -0.39 is 0 Å². The normalized spacial score (nSPS) is 19.4. The van der Waals surface area contributed by atoms with Crippen LogP contribution in [0.3, 0.4) is 0 Å². The minimum absolute atomic E-state index is 0.00828. The monoisotopic (exact) mass is 258 g/mol. The molecule has 0 aliphatic carbocycles. The van der Waals surface area contributed by atoms with Crippen LogP contribution in [0.5, 0.6) is 0 Å². The Labute approximate surface area is 110 Å². The van der Waals surface area contributed by atoms with Crippen molar-refractivity contribution < 1.29 is 9.21 Å². The molecule has 3 heterocycles. The van der Waals surface area contributed by atoms with E-state index in [0.29, 0.717) is 12.3 Å². The summed E-state index contributed by atoms with van der Waals surface area (Å²) in [7, 11) is 0. The summed E-state index contributed by atoms with van der Waals surface area (Å²) in [6.07, 6.45) is 9.00. The molecule has 6 nitrogen and oxygen atoms in total. The molecule has 3 rings (SSSR count). The first kappa shape index (κ1) is 11.7. The van der Waals surface area contributed by atoms with Gasteiger partial charge in [-0.2, -0.15) is 15.0 Å². The van der Waals surface area contributed by atoms with E-state index in [0.717, 1.165) is 13.0 Å². The Hall–Kier alpha value is -2.37. The predicted molar refractivity (Wildman–Crippen MR) is 68.0 cm³/mol. The summed E-state index contributed by atoms with van der Waals surface area (Å²) in [5.74, 6) is 0.670. The molecule has 1 saturated heterocycles. The Morgan fingerprint density at radius 1 is 1.42 bits per heavy atom. The van der Waals surface area contributed by atoms with E-state index >= 15 is 0 Å². The second-order valence-electron chi connectivity index (χ2n) is 4.42. The second-order valence-corrected chi connectivity index (χ2v) is 4.42. The molecule has 1 aliphatic heterocycles. The first-order valence-electron chi connectivity index (χ1n) is 6.19. The van der Waals surface area contributed by atoms with Gasteiger partial charge in [-0.05, 0) is 24.6 Å². The second kappa shape index (κ2) is 5.09. The van der Waals surface area contributed by atoms with E-state index in [4.69, 9.17) is 4.42 Å². The maximum Gasteiger partial charge on any atom is 0.246 e. The van der Waals surface area contributed by atoms with Gasteiger partial charge in [0.05, 0.1) is 24.7 Å². The molecule has 0 bridgehead atoms. The third-order valence-electron chi connectivity index (χ3n) is 3.17. The van der Waals surface area contributed by atoms with Crippen LogP contribution in [-0.2, 0) is 4.79 Å². The largest absolute Gasteiger partial charge is 0.465 e. The van der Waals surface area contributed by atoms with Crippen LogP contribution in [0.2, 0.25) is 0 Å². The summed E-state index contributed by atoms with van der Waals surface area (Å²) in [6.45, 7) is 1.38. The molecule has 1 aliphatic rings. The SMILES string of the molecule is O=C(/C=C/c1ccco1)N1CCC(n2nccn2)C1. The summed E-state index contributed by atoms with van der Waals surface area (Å²) in [5.41, 5.74) is 0. The molecule has 0 spiro atoms. The number of carbonyl (C=O) groups excluding carboxylic acids is 1. The van der Waals surface area contributed by atoms with Crippen molar-refractivity contribution in [3.8, 4) is 0 Å². The van der Waals surface area contributed by atoms with Crippen LogP contribution < -0.4 is 0 Å². The van der Waals surface area contributed by atoms with Crippen LogP contribution in [0.1, 0.15) is 18.2 Å². The summed E-state index contributed by atoms with van der Waals surface area (Å²) in [5, 5.41) is 8.23. The van der Waals surface area contributed by atoms with Gasteiger partial charge in [0, 0.05) is 19.2 Å². The van der Waals surface area contributed by atoms with Crippen molar-refractivity contribution in [1.82, 2.24) is 19.9 Å². The highest BCUT2D eigenvalue weighted by Crippen LogP contribution is 2.20. The van der Waals surface area contributed by atoms with E-state index in [2.05, 4.69) is 10.2 Å². The molecule has 1 unspecified atom stereocenters. The van der Waals surface area contributed by atoms with Crippen molar-refractivity contribution in [2.45, 2.75) is 12.5 Å². The molecule has 1 fully saturated rings. The number of carbonyl (C=O) groups is 1. The van der Waals surface area contributed by atoms with Gasteiger partial charge in [-0.25, -0.2) is 0 Å². The van der Waals surface area contributed by atoms with Gasteiger partial charge < -0.3 is 9.32 Å². The fourth-order valence-corrected chi connectivity index (χ4v) is 2.19. The lowest BCUT2D eigenvalue weighted by molar-refractivity contribution is -0.125. The highest BCUT2D eigenvalue weighted by Gasteiger charge is 2.27. The quantitative estimate of drug-likeness (QED) is 0.780. The fraction of sp³-hybridized carbons (Fsp3) is 0.308.